The zero-order valence-corrected chi connectivity index (χ0v) is 11.9. The van der Waals surface area contributed by atoms with Crippen LogP contribution in [0.5, 0.6) is 0 Å². The number of benzene rings is 1. The van der Waals surface area contributed by atoms with Gasteiger partial charge in [-0.3, -0.25) is 10.6 Å². The predicted octanol–water partition coefficient (Wildman–Crippen LogP) is 2.01. The van der Waals surface area contributed by atoms with E-state index in [2.05, 4.69) is 23.9 Å². The first kappa shape index (κ1) is 14.9. The fourth-order valence-corrected chi connectivity index (χ4v) is 2.37. The standard InChI is InChI=1S/C13H21N3OS/c1-9(8-18-3)7-15-13(17)11-4-5-12(16-14)10(2)6-11/h4-6,9,16H,7-8,14H2,1-3H3,(H,15,17). The topological polar surface area (TPSA) is 67.2 Å². The van der Waals surface area contributed by atoms with Crippen molar-refractivity contribution in [2.24, 2.45) is 11.8 Å². The highest BCUT2D eigenvalue weighted by atomic mass is 32.2. The second kappa shape index (κ2) is 7.28. The van der Waals surface area contributed by atoms with Crippen molar-refractivity contribution in [1.82, 2.24) is 5.32 Å². The smallest absolute Gasteiger partial charge is 0.251 e. The van der Waals surface area contributed by atoms with Gasteiger partial charge in [0.1, 0.15) is 0 Å². The van der Waals surface area contributed by atoms with Crippen molar-refractivity contribution in [3.05, 3.63) is 29.3 Å². The Morgan fingerprint density at radius 3 is 2.78 bits per heavy atom. The molecular formula is C13H21N3OS. The molecule has 1 amide bonds. The summed E-state index contributed by atoms with van der Waals surface area (Å²) in [4.78, 5) is 11.9. The van der Waals surface area contributed by atoms with E-state index in [0.717, 1.165) is 17.0 Å². The molecule has 4 nitrogen and oxygen atoms in total. The number of hydrogen-bond donors (Lipinski definition) is 3. The van der Waals surface area contributed by atoms with Crippen molar-refractivity contribution in [2.45, 2.75) is 13.8 Å². The van der Waals surface area contributed by atoms with Gasteiger partial charge in [-0.25, -0.2) is 0 Å². The Morgan fingerprint density at radius 2 is 2.22 bits per heavy atom. The molecule has 0 saturated heterocycles. The van der Waals surface area contributed by atoms with Gasteiger partial charge < -0.3 is 10.7 Å². The second-order valence-electron chi connectivity index (χ2n) is 4.44. The fraction of sp³-hybridized carbons (Fsp3) is 0.462. The highest BCUT2D eigenvalue weighted by Crippen LogP contribution is 2.15. The summed E-state index contributed by atoms with van der Waals surface area (Å²) in [6.45, 7) is 4.75. The van der Waals surface area contributed by atoms with Crippen LogP contribution >= 0.6 is 11.8 Å². The number of anilines is 1. The van der Waals surface area contributed by atoms with E-state index >= 15 is 0 Å². The van der Waals surface area contributed by atoms with Crippen molar-refractivity contribution in [3.8, 4) is 0 Å². The number of amides is 1. The number of carbonyl (C=O) groups is 1. The maximum absolute atomic E-state index is 11.9. The molecule has 0 radical (unpaired) electrons. The number of nitrogen functional groups attached to an aromatic ring is 1. The number of aryl methyl sites for hydroxylation is 1. The Balaban J connectivity index is 2.59. The molecule has 0 aliphatic rings. The Labute approximate surface area is 113 Å². The first-order chi connectivity index (χ1) is 8.58. The number of nitrogens with two attached hydrogens (primary N) is 1. The lowest BCUT2D eigenvalue weighted by molar-refractivity contribution is 0.0949. The van der Waals surface area contributed by atoms with Crippen LogP contribution < -0.4 is 16.6 Å². The molecule has 100 valence electrons. The number of carbonyl (C=O) groups excluding carboxylic acids is 1. The minimum atomic E-state index is -0.0328. The molecule has 5 heteroatoms. The second-order valence-corrected chi connectivity index (χ2v) is 5.36. The van der Waals surface area contributed by atoms with Crippen molar-refractivity contribution in [1.29, 1.82) is 0 Å². The Bertz CT molecular complexity index is 409. The SMILES string of the molecule is CSCC(C)CNC(=O)c1ccc(NN)c(C)c1. The number of hydrogen-bond acceptors (Lipinski definition) is 4. The van der Waals surface area contributed by atoms with Crippen LogP contribution in [0.2, 0.25) is 0 Å². The molecule has 0 saturated carbocycles. The highest BCUT2D eigenvalue weighted by Gasteiger charge is 2.09. The third-order valence-electron chi connectivity index (χ3n) is 2.71. The predicted molar refractivity (Wildman–Crippen MR) is 78.9 cm³/mol. The van der Waals surface area contributed by atoms with E-state index in [1.807, 2.05) is 19.1 Å². The van der Waals surface area contributed by atoms with Gasteiger partial charge in [-0.05, 0) is 48.6 Å². The summed E-state index contributed by atoms with van der Waals surface area (Å²) in [5, 5.41) is 2.94. The van der Waals surface area contributed by atoms with Crippen LogP contribution in [0.3, 0.4) is 0 Å². The average Bonchev–Trinajstić information content (AvgIpc) is 2.36. The molecule has 0 heterocycles. The summed E-state index contributed by atoms with van der Waals surface area (Å²) < 4.78 is 0. The quantitative estimate of drug-likeness (QED) is 0.545. The first-order valence-electron chi connectivity index (χ1n) is 5.93. The van der Waals surface area contributed by atoms with E-state index in [1.165, 1.54) is 0 Å². The van der Waals surface area contributed by atoms with Crippen LogP contribution in [-0.2, 0) is 0 Å². The van der Waals surface area contributed by atoms with Gasteiger partial charge in [-0.2, -0.15) is 11.8 Å². The minimum Gasteiger partial charge on any atom is -0.352 e. The van der Waals surface area contributed by atoms with Crippen LogP contribution in [0.4, 0.5) is 5.69 Å². The van der Waals surface area contributed by atoms with Crippen molar-refractivity contribution >= 4 is 23.4 Å². The molecular weight excluding hydrogens is 246 g/mol. The molecule has 18 heavy (non-hydrogen) atoms. The van der Waals surface area contributed by atoms with E-state index < -0.39 is 0 Å². The van der Waals surface area contributed by atoms with E-state index in [4.69, 9.17) is 5.84 Å². The zero-order valence-electron chi connectivity index (χ0n) is 11.1. The molecule has 0 bridgehead atoms. The third kappa shape index (κ3) is 4.23. The van der Waals surface area contributed by atoms with Crippen LogP contribution in [0, 0.1) is 12.8 Å². The molecule has 0 spiro atoms. The Morgan fingerprint density at radius 1 is 1.50 bits per heavy atom. The highest BCUT2D eigenvalue weighted by molar-refractivity contribution is 7.98. The minimum absolute atomic E-state index is 0.0328. The summed E-state index contributed by atoms with van der Waals surface area (Å²) in [6, 6.07) is 5.43. The fourth-order valence-electron chi connectivity index (χ4n) is 1.68. The zero-order chi connectivity index (χ0) is 13.5. The van der Waals surface area contributed by atoms with Crippen LogP contribution in [0.15, 0.2) is 18.2 Å². The van der Waals surface area contributed by atoms with Gasteiger partial charge in [0.05, 0.1) is 5.69 Å². The molecule has 0 aliphatic carbocycles. The molecule has 1 atom stereocenters. The molecule has 4 N–H and O–H groups in total. The molecule has 1 rings (SSSR count). The number of thioether (sulfide) groups is 1. The van der Waals surface area contributed by atoms with Crippen LogP contribution in [0.1, 0.15) is 22.8 Å². The van der Waals surface area contributed by atoms with E-state index in [-0.39, 0.29) is 5.91 Å². The summed E-state index contributed by atoms with van der Waals surface area (Å²) in [5.41, 5.74) is 5.06. The van der Waals surface area contributed by atoms with Crippen molar-refractivity contribution in [2.75, 3.05) is 24.0 Å². The van der Waals surface area contributed by atoms with Crippen molar-refractivity contribution in [3.63, 3.8) is 0 Å². The average molecular weight is 267 g/mol. The van der Waals surface area contributed by atoms with E-state index in [9.17, 15) is 4.79 Å². The third-order valence-corrected chi connectivity index (χ3v) is 3.61. The monoisotopic (exact) mass is 267 g/mol. The first-order valence-corrected chi connectivity index (χ1v) is 7.32. The van der Waals surface area contributed by atoms with Gasteiger partial charge in [-0.1, -0.05) is 6.92 Å². The van der Waals surface area contributed by atoms with Gasteiger partial charge in [0.15, 0.2) is 0 Å². The maximum atomic E-state index is 11.9. The molecule has 1 aromatic carbocycles. The molecule has 0 aromatic heterocycles. The Kier molecular flexibility index (Phi) is 6.01. The molecule has 1 aromatic rings. The summed E-state index contributed by atoms with van der Waals surface area (Å²) in [7, 11) is 0. The molecule has 0 aliphatic heterocycles. The van der Waals surface area contributed by atoms with Gasteiger partial charge >= 0.3 is 0 Å². The van der Waals surface area contributed by atoms with E-state index in [0.29, 0.717) is 18.0 Å². The van der Waals surface area contributed by atoms with Gasteiger partial charge in [0.2, 0.25) is 0 Å². The summed E-state index contributed by atoms with van der Waals surface area (Å²) >= 11 is 1.79. The normalized spacial score (nSPS) is 12.0. The lowest BCUT2D eigenvalue weighted by Gasteiger charge is -2.12. The summed E-state index contributed by atoms with van der Waals surface area (Å²) in [5.74, 6) is 6.86. The maximum Gasteiger partial charge on any atom is 0.251 e. The largest absolute Gasteiger partial charge is 0.352 e. The molecule has 1 unspecified atom stereocenters. The van der Waals surface area contributed by atoms with Gasteiger partial charge in [0, 0.05) is 12.1 Å². The number of rotatable bonds is 6. The number of nitrogens with one attached hydrogen (secondary N) is 2. The lowest BCUT2D eigenvalue weighted by atomic mass is 10.1. The van der Waals surface area contributed by atoms with Crippen LogP contribution in [0.25, 0.3) is 0 Å². The summed E-state index contributed by atoms with van der Waals surface area (Å²) in [6.07, 6.45) is 2.07. The van der Waals surface area contributed by atoms with E-state index in [1.54, 1.807) is 17.8 Å². The Hall–Kier alpha value is -1.20. The van der Waals surface area contributed by atoms with Gasteiger partial charge in [0.25, 0.3) is 5.91 Å². The van der Waals surface area contributed by atoms with Gasteiger partial charge in [-0.15, -0.1) is 0 Å². The van der Waals surface area contributed by atoms with Crippen molar-refractivity contribution < 1.29 is 4.79 Å². The van der Waals surface area contributed by atoms with Crippen LogP contribution in [-0.4, -0.2) is 24.5 Å². The number of hydrazine groups is 1. The molecule has 0 fully saturated rings. The lowest BCUT2D eigenvalue weighted by Crippen LogP contribution is -2.29.